The van der Waals surface area contributed by atoms with Gasteiger partial charge < -0.3 is 49.6 Å². The normalized spacial score (nSPS) is 33.1. The molecule has 0 spiro atoms. The van der Waals surface area contributed by atoms with Crippen molar-refractivity contribution in [1.29, 1.82) is 0 Å². The number of likely N-dealkylation sites (N-methyl/N-ethyl adjacent to an activating group) is 1. The van der Waals surface area contributed by atoms with E-state index >= 15 is 0 Å². The van der Waals surface area contributed by atoms with Crippen molar-refractivity contribution < 1.29 is 53.4 Å². The summed E-state index contributed by atoms with van der Waals surface area (Å²) in [6, 6.07) is 7.76. The van der Waals surface area contributed by atoms with Gasteiger partial charge in [0.2, 0.25) is 5.91 Å². The molecule has 14 heteroatoms. The maximum atomic E-state index is 13.9. The van der Waals surface area contributed by atoms with Crippen molar-refractivity contribution in [3.63, 3.8) is 0 Å². The number of hydrogen-bond donors (Lipinski definition) is 5. The van der Waals surface area contributed by atoms with Crippen molar-refractivity contribution in [3.05, 3.63) is 41.5 Å². The lowest BCUT2D eigenvalue weighted by Gasteiger charge is -2.43. The zero-order valence-corrected chi connectivity index (χ0v) is 48.9. The van der Waals surface area contributed by atoms with Gasteiger partial charge in [-0.1, -0.05) is 107 Å². The van der Waals surface area contributed by atoms with Gasteiger partial charge in [0, 0.05) is 44.5 Å². The molecule has 3 aliphatic heterocycles. The van der Waals surface area contributed by atoms with Crippen molar-refractivity contribution in [2.24, 2.45) is 41.4 Å². The molecule has 424 valence electrons. The second-order valence-electron chi connectivity index (χ2n) is 23.6. The van der Waals surface area contributed by atoms with Gasteiger partial charge in [-0.3, -0.25) is 14.5 Å². The molecule has 2 saturated heterocycles. The molecule has 5 N–H and O–H groups in total. The van der Waals surface area contributed by atoms with Gasteiger partial charge in [-0.05, 0) is 139 Å². The lowest BCUT2D eigenvalue weighted by atomic mass is 9.71. The molecule has 0 bridgehead atoms. The number of nitrogens with zero attached hydrogens (tertiary/aromatic N) is 2. The summed E-state index contributed by atoms with van der Waals surface area (Å²) in [6.07, 6.45) is 5.38. The number of rotatable bonds is 17. The van der Waals surface area contributed by atoms with Crippen LogP contribution in [0.5, 0.6) is 0 Å². The SMILES string of the molecule is CC.CC1CC(N(C)CCC(=O)NC(CF)C(C)c2ccc(C3=CCOCC3)cc2)C(C)C(O)O1.CC[C@H]1OC(=O)C(C)[C@@H](C[C@H](C)C[C@](C)(CC(C)C)OC)[C@H](C)C[C@](C)(O)C[C@@H](C)CN(C)C(O)[C@]1(C)O. The zero-order chi connectivity index (χ0) is 55.6. The van der Waals surface area contributed by atoms with Crippen molar-refractivity contribution in [1.82, 2.24) is 15.1 Å². The number of aliphatic hydroxyl groups is 4. The molecular formula is C59H106FN3O10. The molecule has 8 unspecified atom stereocenters. The van der Waals surface area contributed by atoms with Crippen LogP contribution in [0.4, 0.5) is 4.39 Å². The van der Waals surface area contributed by atoms with E-state index < -0.39 is 48.5 Å². The third kappa shape index (κ3) is 20.7. The molecule has 13 nitrogen and oxygen atoms in total. The summed E-state index contributed by atoms with van der Waals surface area (Å²) in [6.45, 7) is 31.8. The van der Waals surface area contributed by atoms with Crippen LogP contribution in [0.3, 0.4) is 0 Å². The molecule has 1 aromatic rings. The monoisotopic (exact) mass is 1040 g/mol. The highest BCUT2D eigenvalue weighted by Crippen LogP contribution is 2.40. The van der Waals surface area contributed by atoms with E-state index in [1.807, 2.05) is 74.6 Å². The zero-order valence-electron chi connectivity index (χ0n) is 48.9. The Morgan fingerprint density at radius 1 is 1.03 bits per heavy atom. The van der Waals surface area contributed by atoms with Crippen LogP contribution in [0.15, 0.2) is 30.3 Å². The molecular weight excluding hydrogens is 930 g/mol. The van der Waals surface area contributed by atoms with Crippen LogP contribution in [-0.2, 0) is 28.5 Å². The predicted molar refractivity (Wildman–Crippen MR) is 292 cm³/mol. The highest BCUT2D eigenvalue weighted by Gasteiger charge is 2.45. The van der Waals surface area contributed by atoms with Crippen LogP contribution >= 0.6 is 0 Å². The fourth-order valence-corrected chi connectivity index (χ4v) is 12.1. The van der Waals surface area contributed by atoms with Crippen LogP contribution in [0, 0.1) is 41.4 Å². The average Bonchev–Trinajstić information content (AvgIpc) is 3.33. The van der Waals surface area contributed by atoms with Gasteiger partial charge >= 0.3 is 5.97 Å². The molecule has 16 atom stereocenters. The minimum Gasteiger partial charge on any atom is -0.459 e. The number of hydrogen-bond acceptors (Lipinski definition) is 12. The van der Waals surface area contributed by atoms with Gasteiger partial charge in [0.15, 0.2) is 6.29 Å². The standard InChI is InChI=1S/C31H61NO6.C26H39FN2O4.C2H6/c1-13-26-31(10,36)28(34)32(11)19-22(5)16-29(8,35)18-23(6)25(24(7)27(33)38-26)14-21(4)17-30(9,37-12)15-20(2)3;1-17-15-24(19(3)26(31)33-17)29(4)12-9-25(30)28-23(16-27)18(2)20-5-7-21(8-6-20)22-10-13-32-14-11-22;1-2/h20-26,28,34-36H,13-19H2,1-12H3;5-8,10,17-19,23-24,26,31H,9,11-16H2,1-4H3,(H,28,30);1-2H3/t21-,22+,23+,24?,25-,26+,28?,29+,30-,31+;;/m0../s1. The Balaban J connectivity index is 0.000000487. The summed E-state index contributed by atoms with van der Waals surface area (Å²) in [4.78, 5) is 29.9. The Kier molecular flexibility index (Phi) is 28.3. The summed E-state index contributed by atoms with van der Waals surface area (Å²) in [5, 5.41) is 46.8. The lowest BCUT2D eigenvalue weighted by Crippen LogP contribution is -2.58. The molecule has 2 fully saturated rings. The summed E-state index contributed by atoms with van der Waals surface area (Å²) in [5.74, 6) is -0.163. The van der Waals surface area contributed by atoms with E-state index in [2.05, 4.69) is 70.0 Å². The van der Waals surface area contributed by atoms with Gasteiger partial charge in [-0.25, -0.2) is 4.39 Å². The smallest absolute Gasteiger partial charge is 0.309 e. The first-order chi connectivity index (χ1) is 34.1. The van der Waals surface area contributed by atoms with Crippen molar-refractivity contribution in [2.75, 3.05) is 54.2 Å². The Bertz CT molecular complexity index is 1780. The number of alkyl halides is 1. The second-order valence-corrected chi connectivity index (χ2v) is 23.6. The number of carbonyl (C=O) groups excluding carboxylic acids is 2. The number of amides is 1. The van der Waals surface area contributed by atoms with Gasteiger partial charge in [0.1, 0.15) is 24.6 Å². The molecule has 4 rings (SSSR count). The van der Waals surface area contributed by atoms with E-state index in [9.17, 15) is 34.4 Å². The van der Waals surface area contributed by atoms with E-state index in [1.165, 1.54) is 18.1 Å². The summed E-state index contributed by atoms with van der Waals surface area (Å²) >= 11 is 0. The van der Waals surface area contributed by atoms with Crippen LogP contribution in [-0.4, -0.2) is 150 Å². The maximum absolute atomic E-state index is 13.9. The van der Waals surface area contributed by atoms with E-state index in [1.54, 1.807) is 19.1 Å². The Hall–Kier alpha value is -2.53. The number of halogens is 1. The molecule has 1 aromatic carbocycles. The Morgan fingerprint density at radius 2 is 1.66 bits per heavy atom. The number of ether oxygens (including phenoxy) is 4. The van der Waals surface area contributed by atoms with Gasteiger partial charge in [0.05, 0.1) is 42.5 Å². The fraction of sp³-hybridized carbons (Fsp3) is 0.831. The van der Waals surface area contributed by atoms with E-state index in [0.29, 0.717) is 50.8 Å². The second kappa shape index (κ2) is 31.0. The fourth-order valence-electron chi connectivity index (χ4n) is 12.1. The van der Waals surface area contributed by atoms with Crippen LogP contribution in [0.1, 0.15) is 179 Å². The first-order valence-corrected chi connectivity index (χ1v) is 27.9. The van der Waals surface area contributed by atoms with E-state index in [4.69, 9.17) is 18.9 Å². The van der Waals surface area contributed by atoms with Crippen LogP contribution in [0.2, 0.25) is 0 Å². The minimum absolute atomic E-state index is 0.0163. The maximum Gasteiger partial charge on any atom is 0.309 e. The van der Waals surface area contributed by atoms with Crippen LogP contribution in [0.25, 0.3) is 5.57 Å². The quantitative estimate of drug-likeness (QED) is 0.0938. The van der Waals surface area contributed by atoms with Crippen molar-refractivity contribution in [2.45, 2.75) is 221 Å². The highest BCUT2D eigenvalue weighted by atomic mass is 19.1. The number of cyclic esters (lactones) is 1. The molecule has 1 amide bonds. The van der Waals surface area contributed by atoms with Crippen molar-refractivity contribution >= 4 is 17.4 Å². The van der Waals surface area contributed by atoms with Gasteiger partial charge in [0.25, 0.3) is 0 Å². The summed E-state index contributed by atoms with van der Waals surface area (Å²) < 4.78 is 36.6. The number of methoxy groups -OCH3 is 1. The third-order valence-electron chi connectivity index (χ3n) is 16.0. The topological polar surface area (TPSA) is 170 Å². The molecule has 0 saturated carbocycles. The molecule has 3 aliphatic rings. The van der Waals surface area contributed by atoms with Gasteiger partial charge in [-0.15, -0.1) is 0 Å². The highest BCUT2D eigenvalue weighted by molar-refractivity contribution is 5.76. The lowest BCUT2D eigenvalue weighted by molar-refractivity contribution is -0.207. The average molecular weight is 1040 g/mol. The summed E-state index contributed by atoms with van der Waals surface area (Å²) in [7, 11) is 5.49. The molecule has 0 aromatic heterocycles. The number of benzene rings is 1. The van der Waals surface area contributed by atoms with Crippen molar-refractivity contribution in [3.8, 4) is 0 Å². The number of esters is 1. The summed E-state index contributed by atoms with van der Waals surface area (Å²) in [5.41, 5.74) is 0.645. The molecule has 3 heterocycles. The minimum atomic E-state index is -1.64. The first kappa shape index (κ1) is 66.6. The van der Waals surface area contributed by atoms with Crippen LogP contribution < -0.4 is 5.32 Å². The first-order valence-electron chi connectivity index (χ1n) is 27.9. The number of nitrogens with one attached hydrogen (secondary N) is 1. The molecule has 0 aliphatic carbocycles. The predicted octanol–water partition coefficient (Wildman–Crippen LogP) is 9.77. The molecule has 73 heavy (non-hydrogen) atoms. The largest absolute Gasteiger partial charge is 0.459 e. The number of aliphatic hydroxyl groups excluding tert-OH is 2. The Labute approximate surface area is 442 Å². The van der Waals surface area contributed by atoms with E-state index in [0.717, 1.165) is 44.3 Å². The Morgan fingerprint density at radius 3 is 2.21 bits per heavy atom. The third-order valence-corrected chi connectivity index (χ3v) is 16.0. The van der Waals surface area contributed by atoms with Gasteiger partial charge in [-0.2, -0.15) is 0 Å². The number of carbonyl (C=O) groups is 2. The van der Waals surface area contributed by atoms with E-state index in [-0.39, 0.29) is 65.6 Å². The molecule has 0 radical (unpaired) electrons.